The Morgan fingerprint density at radius 1 is 0.810 bits per heavy atom. The number of hydrogen-bond acceptors (Lipinski definition) is 7. The van der Waals surface area contributed by atoms with Crippen molar-refractivity contribution in [3.63, 3.8) is 0 Å². The molecule has 3 aliphatic carbocycles. The normalized spacial score (nSPS) is 22.4. The highest BCUT2D eigenvalue weighted by molar-refractivity contribution is 6.48. The van der Waals surface area contributed by atoms with Gasteiger partial charge in [0.2, 0.25) is 5.91 Å². The Kier molecular flexibility index (Phi) is 12.4. The summed E-state index contributed by atoms with van der Waals surface area (Å²) in [4.78, 5) is 44.6. The van der Waals surface area contributed by atoms with Gasteiger partial charge in [-0.1, -0.05) is 93.8 Å². The van der Waals surface area contributed by atoms with E-state index in [1.807, 2.05) is 78.9 Å². The van der Waals surface area contributed by atoms with Gasteiger partial charge < -0.3 is 34.4 Å². The molecular formula is C47H54BN3O7. The van der Waals surface area contributed by atoms with Gasteiger partial charge in [0.05, 0.1) is 23.3 Å². The second kappa shape index (κ2) is 17.6. The molecule has 10 nitrogen and oxygen atoms in total. The van der Waals surface area contributed by atoms with Crippen molar-refractivity contribution < 1.29 is 33.2 Å². The molecule has 0 unspecified atom stereocenters. The third-order valence-corrected chi connectivity index (χ3v) is 12.4. The number of carbonyl (C=O) groups is 3. The first kappa shape index (κ1) is 40.8. The van der Waals surface area contributed by atoms with Gasteiger partial charge in [0, 0.05) is 12.8 Å². The van der Waals surface area contributed by atoms with Gasteiger partial charge in [-0.2, -0.15) is 0 Å². The van der Waals surface area contributed by atoms with Crippen LogP contribution >= 0.6 is 0 Å². The fourth-order valence-corrected chi connectivity index (χ4v) is 8.99. The third kappa shape index (κ3) is 9.01. The van der Waals surface area contributed by atoms with Crippen molar-refractivity contribution >= 4 is 24.7 Å². The zero-order chi connectivity index (χ0) is 40.9. The predicted octanol–water partition coefficient (Wildman–Crippen LogP) is 7.30. The highest BCUT2D eigenvalue weighted by Gasteiger charge is 2.68. The lowest BCUT2D eigenvalue weighted by atomic mass is 9.43. The van der Waals surface area contributed by atoms with Crippen molar-refractivity contribution in [2.45, 2.75) is 83.0 Å². The fraction of sp³-hybridized carbons (Fsp3) is 0.383. The average Bonchev–Trinajstić information content (AvgIpc) is 3.87. The van der Waals surface area contributed by atoms with Crippen LogP contribution in [-0.4, -0.2) is 66.6 Å². The highest BCUT2D eigenvalue weighted by Crippen LogP contribution is 2.65. The molecule has 1 saturated heterocycles. The molecule has 2 bridgehead atoms. The molecule has 4 aliphatic rings. The number of benzene rings is 3. The SMILES string of the molecule is C=CCOc1ccc(CCC(=O)c2ccc(C(=O)N[C@@H](Cc3ccc(OCC=C)cc3)C(=O)N[C@@H](Cc3ccccc3)B3O[C@@H]4C[C@@H]5C[C@@H](C5(C)C)[C@]4(C)O3)[nH]2)cc1. The van der Waals surface area contributed by atoms with E-state index in [2.05, 4.69) is 49.5 Å². The van der Waals surface area contributed by atoms with Crippen molar-refractivity contribution in [3.8, 4) is 11.5 Å². The Balaban J connectivity index is 1.07. The van der Waals surface area contributed by atoms with Crippen molar-refractivity contribution in [1.29, 1.82) is 0 Å². The number of carbonyl (C=O) groups excluding carboxylic acids is 3. The first-order chi connectivity index (χ1) is 28.0. The van der Waals surface area contributed by atoms with Gasteiger partial charge in [-0.3, -0.25) is 14.4 Å². The molecule has 4 fully saturated rings. The topological polar surface area (TPSA) is 128 Å². The van der Waals surface area contributed by atoms with Crippen LogP contribution in [0.25, 0.3) is 0 Å². The van der Waals surface area contributed by atoms with Crippen LogP contribution in [0.1, 0.15) is 77.7 Å². The molecule has 3 N–H and O–H groups in total. The molecule has 3 aromatic carbocycles. The molecule has 11 heteroatoms. The summed E-state index contributed by atoms with van der Waals surface area (Å²) in [5.41, 5.74) is 3.05. The number of rotatable bonds is 19. The van der Waals surface area contributed by atoms with Crippen LogP contribution in [0.15, 0.2) is 116 Å². The van der Waals surface area contributed by atoms with Crippen LogP contribution < -0.4 is 20.1 Å². The molecule has 0 spiro atoms. The highest BCUT2D eigenvalue weighted by atomic mass is 16.7. The van der Waals surface area contributed by atoms with Crippen LogP contribution in [0.5, 0.6) is 11.5 Å². The van der Waals surface area contributed by atoms with Crippen LogP contribution in [0.3, 0.4) is 0 Å². The third-order valence-electron chi connectivity index (χ3n) is 12.4. The Hall–Kier alpha value is -5.39. The van der Waals surface area contributed by atoms with Gasteiger partial charge in [-0.05, 0) is 103 Å². The molecule has 4 aromatic rings. The molecule has 2 heterocycles. The first-order valence-corrected chi connectivity index (χ1v) is 20.3. The number of ketones is 1. The maximum absolute atomic E-state index is 14.5. The van der Waals surface area contributed by atoms with E-state index < -0.39 is 30.6 Å². The summed E-state index contributed by atoms with van der Waals surface area (Å²) in [7, 11) is -0.674. The van der Waals surface area contributed by atoms with E-state index in [-0.39, 0.29) is 41.7 Å². The van der Waals surface area contributed by atoms with Gasteiger partial charge in [-0.25, -0.2) is 0 Å². The number of aromatic amines is 1. The number of aromatic nitrogens is 1. The van der Waals surface area contributed by atoms with Crippen molar-refractivity contribution in [3.05, 3.63) is 144 Å². The van der Waals surface area contributed by atoms with E-state index in [0.717, 1.165) is 35.3 Å². The summed E-state index contributed by atoms with van der Waals surface area (Å²) in [6, 6.07) is 27.2. The molecule has 3 saturated carbocycles. The molecule has 6 atom stereocenters. The molecule has 58 heavy (non-hydrogen) atoms. The summed E-state index contributed by atoms with van der Waals surface area (Å²) in [5, 5.41) is 6.22. The zero-order valence-corrected chi connectivity index (χ0v) is 33.7. The number of hydrogen-bond donors (Lipinski definition) is 3. The number of aryl methyl sites for hydroxylation is 1. The molecule has 1 aromatic heterocycles. The molecule has 2 amide bonds. The maximum atomic E-state index is 14.5. The maximum Gasteiger partial charge on any atom is 0.482 e. The number of H-pyrrole nitrogens is 1. The predicted molar refractivity (Wildman–Crippen MR) is 225 cm³/mol. The number of amides is 2. The van der Waals surface area contributed by atoms with Gasteiger partial charge in [0.25, 0.3) is 5.91 Å². The smallest absolute Gasteiger partial charge is 0.482 e. The van der Waals surface area contributed by atoms with Crippen molar-refractivity contribution in [1.82, 2.24) is 15.6 Å². The van der Waals surface area contributed by atoms with Gasteiger partial charge in [0.15, 0.2) is 5.78 Å². The van der Waals surface area contributed by atoms with E-state index in [1.54, 1.807) is 24.3 Å². The van der Waals surface area contributed by atoms with E-state index in [9.17, 15) is 14.4 Å². The van der Waals surface area contributed by atoms with Gasteiger partial charge >= 0.3 is 7.12 Å². The van der Waals surface area contributed by atoms with Crippen LogP contribution in [0.2, 0.25) is 0 Å². The zero-order valence-electron chi connectivity index (χ0n) is 33.7. The quantitative estimate of drug-likeness (QED) is 0.0518. The van der Waals surface area contributed by atoms with Crippen molar-refractivity contribution in [2.24, 2.45) is 17.3 Å². The Morgan fingerprint density at radius 2 is 1.43 bits per heavy atom. The molecule has 302 valence electrons. The van der Waals surface area contributed by atoms with E-state index in [1.165, 1.54) is 0 Å². The minimum atomic E-state index is -0.974. The van der Waals surface area contributed by atoms with Crippen LogP contribution in [0, 0.1) is 17.3 Å². The van der Waals surface area contributed by atoms with E-state index >= 15 is 0 Å². The summed E-state index contributed by atoms with van der Waals surface area (Å²) in [6.07, 6.45) is 6.79. The number of nitrogens with one attached hydrogen (secondary N) is 3. The molecule has 1 aliphatic heterocycles. The largest absolute Gasteiger partial charge is 0.490 e. The van der Waals surface area contributed by atoms with Crippen molar-refractivity contribution in [2.75, 3.05) is 13.2 Å². The lowest BCUT2D eigenvalue weighted by Gasteiger charge is -2.64. The Morgan fingerprint density at radius 3 is 2.07 bits per heavy atom. The molecule has 0 radical (unpaired) electrons. The summed E-state index contributed by atoms with van der Waals surface area (Å²) >= 11 is 0. The summed E-state index contributed by atoms with van der Waals surface area (Å²) < 4.78 is 24.8. The van der Waals surface area contributed by atoms with Crippen LogP contribution in [-0.2, 0) is 33.4 Å². The Labute approximate surface area is 341 Å². The Bertz CT molecular complexity index is 2080. The summed E-state index contributed by atoms with van der Waals surface area (Å²) in [6.45, 7) is 15.0. The van der Waals surface area contributed by atoms with Gasteiger partial charge in [0.1, 0.15) is 36.4 Å². The standard InChI is InChI=1S/C47H54BN3O7/c1-6-25-55-35-18-13-31(14-19-35)17-24-40(52)37-22-23-38(49-37)44(53)50-39(27-33-15-20-36(21-16-33)56-26-7-2)45(54)51-43(28-32-11-9-8-10-12-32)48-57-42-30-34-29-41(46(34,3)4)47(42,5)58-48/h6-16,18-23,34,39,41-43,49H,1-2,17,24-30H2,3-5H3,(H,50,53)(H,51,54)/t34-,39-,41-,42+,43-,47-/m0/s1. The van der Waals surface area contributed by atoms with Crippen LogP contribution in [0.4, 0.5) is 0 Å². The van der Waals surface area contributed by atoms with E-state index in [0.29, 0.717) is 49.3 Å². The molecular weight excluding hydrogens is 729 g/mol. The minimum absolute atomic E-state index is 0.0610. The number of Topliss-reactive ketones (excluding diaryl/α,β-unsaturated/α-hetero) is 1. The average molecular weight is 784 g/mol. The van der Waals surface area contributed by atoms with Gasteiger partial charge in [-0.15, -0.1) is 0 Å². The lowest BCUT2D eigenvalue weighted by molar-refractivity contribution is -0.199. The first-order valence-electron chi connectivity index (χ1n) is 20.3. The fourth-order valence-electron chi connectivity index (χ4n) is 8.99. The minimum Gasteiger partial charge on any atom is -0.490 e. The lowest BCUT2D eigenvalue weighted by Crippen LogP contribution is -2.65. The summed E-state index contributed by atoms with van der Waals surface area (Å²) in [5.74, 6) is 0.802. The monoisotopic (exact) mass is 783 g/mol. The van der Waals surface area contributed by atoms with E-state index in [4.69, 9.17) is 18.8 Å². The molecule has 8 rings (SSSR count). The second-order valence-electron chi connectivity index (χ2n) is 16.6. The number of ether oxygens (including phenoxy) is 2. The second-order valence-corrected chi connectivity index (χ2v) is 16.6.